The standard InChI is InChI=1S/C16H24O3/c1-4-5-10-19-16(18)9-7-13-6-8-15(17)14(11-13)12(2)3/h6,8,11-12,17H,4-5,7,9-10H2,1-3H3. The molecule has 0 fully saturated rings. The molecule has 3 heteroatoms. The van der Waals surface area contributed by atoms with Gasteiger partial charge in [0.2, 0.25) is 0 Å². The van der Waals surface area contributed by atoms with E-state index in [-0.39, 0.29) is 11.9 Å². The van der Waals surface area contributed by atoms with Gasteiger partial charge in [0.15, 0.2) is 0 Å². The summed E-state index contributed by atoms with van der Waals surface area (Å²) in [6.45, 7) is 6.66. The first-order valence-corrected chi connectivity index (χ1v) is 7.02. The summed E-state index contributed by atoms with van der Waals surface area (Å²) in [6.07, 6.45) is 3.00. The highest BCUT2D eigenvalue weighted by Gasteiger charge is 2.08. The molecular weight excluding hydrogens is 240 g/mol. The number of benzene rings is 1. The maximum atomic E-state index is 11.5. The number of hydrogen-bond donors (Lipinski definition) is 1. The quantitative estimate of drug-likeness (QED) is 0.602. The molecule has 0 bridgehead atoms. The third kappa shape index (κ3) is 5.33. The molecule has 3 nitrogen and oxygen atoms in total. The lowest BCUT2D eigenvalue weighted by Crippen LogP contribution is -2.07. The lowest BCUT2D eigenvalue weighted by atomic mass is 9.98. The van der Waals surface area contributed by atoms with Crippen LogP contribution in [0.5, 0.6) is 5.75 Å². The second-order valence-corrected chi connectivity index (χ2v) is 5.12. The van der Waals surface area contributed by atoms with Gasteiger partial charge in [-0.25, -0.2) is 0 Å². The average molecular weight is 264 g/mol. The first-order valence-electron chi connectivity index (χ1n) is 7.02. The molecule has 0 saturated heterocycles. The summed E-state index contributed by atoms with van der Waals surface area (Å²) in [5, 5.41) is 9.73. The summed E-state index contributed by atoms with van der Waals surface area (Å²) in [5.41, 5.74) is 1.99. The minimum absolute atomic E-state index is 0.146. The summed E-state index contributed by atoms with van der Waals surface area (Å²) in [5.74, 6) is 0.452. The van der Waals surface area contributed by atoms with Gasteiger partial charge in [-0.15, -0.1) is 0 Å². The number of aromatic hydroxyl groups is 1. The molecule has 0 aliphatic heterocycles. The van der Waals surface area contributed by atoms with E-state index in [0.717, 1.165) is 24.0 Å². The number of carbonyl (C=O) groups is 1. The number of carbonyl (C=O) groups excluding carboxylic acids is 1. The zero-order valence-corrected chi connectivity index (χ0v) is 12.1. The van der Waals surface area contributed by atoms with Crippen molar-refractivity contribution >= 4 is 5.97 Å². The van der Waals surface area contributed by atoms with E-state index in [9.17, 15) is 9.90 Å². The molecule has 0 aliphatic rings. The van der Waals surface area contributed by atoms with Gasteiger partial charge in [-0.3, -0.25) is 4.79 Å². The molecule has 1 N–H and O–H groups in total. The fourth-order valence-corrected chi connectivity index (χ4v) is 1.87. The molecular formula is C16H24O3. The van der Waals surface area contributed by atoms with Gasteiger partial charge in [-0.05, 0) is 36.0 Å². The van der Waals surface area contributed by atoms with E-state index in [1.165, 1.54) is 0 Å². The highest BCUT2D eigenvalue weighted by atomic mass is 16.5. The highest BCUT2D eigenvalue weighted by molar-refractivity contribution is 5.69. The fourth-order valence-electron chi connectivity index (χ4n) is 1.87. The SMILES string of the molecule is CCCCOC(=O)CCc1ccc(O)c(C(C)C)c1. The van der Waals surface area contributed by atoms with Crippen LogP contribution < -0.4 is 0 Å². The zero-order chi connectivity index (χ0) is 14.3. The van der Waals surface area contributed by atoms with Gasteiger partial charge in [-0.1, -0.05) is 39.3 Å². The number of unbranched alkanes of at least 4 members (excludes halogenated alkanes) is 1. The van der Waals surface area contributed by atoms with Gasteiger partial charge in [0, 0.05) is 6.42 Å². The van der Waals surface area contributed by atoms with Gasteiger partial charge in [0.05, 0.1) is 6.61 Å². The van der Waals surface area contributed by atoms with Gasteiger partial charge >= 0.3 is 5.97 Å². The first kappa shape index (κ1) is 15.5. The van der Waals surface area contributed by atoms with Crippen LogP contribution >= 0.6 is 0 Å². The Morgan fingerprint density at radius 2 is 2.11 bits per heavy atom. The Labute approximate surface area is 115 Å². The normalized spacial score (nSPS) is 10.7. The average Bonchev–Trinajstić information content (AvgIpc) is 2.37. The van der Waals surface area contributed by atoms with Crippen molar-refractivity contribution in [3.8, 4) is 5.75 Å². The number of phenols is 1. The predicted molar refractivity (Wildman–Crippen MR) is 76.4 cm³/mol. The van der Waals surface area contributed by atoms with E-state index in [1.807, 2.05) is 26.0 Å². The molecule has 0 heterocycles. The molecule has 0 spiro atoms. The molecule has 1 aromatic rings. The topological polar surface area (TPSA) is 46.5 Å². The van der Waals surface area contributed by atoms with E-state index in [1.54, 1.807) is 6.07 Å². The Morgan fingerprint density at radius 1 is 1.37 bits per heavy atom. The van der Waals surface area contributed by atoms with Crippen molar-refractivity contribution in [1.29, 1.82) is 0 Å². The van der Waals surface area contributed by atoms with Crippen LogP contribution in [0.3, 0.4) is 0 Å². The number of esters is 1. The van der Waals surface area contributed by atoms with Gasteiger partial charge < -0.3 is 9.84 Å². The Kier molecular flexibility index (Phi) is 6.40. The summed E-state index contributed by atoms with van der Waals surface area (Å²) in [7, 11) is 0. The minimum atomic E-state index is -0.146. The first-order chi connectivity index (χ1) is 9.04. The van der Waals surface area contributed by atoms with Gasteiger partial charge in [0.1, 0.15) is 5.75 Å². The van der Waals surface area contributed by atoms with Crippen LogP contribution in [0.4, 0.5) is 0 Å². The lowest BCUT2D eigenvalue weighted by molar-refractivity contribution is -0.143. The Balaban J connectivity index is 2.49. The van der Waals surface area contributed by atoms with Crippen molar-refractivity contribution in [3.05, 3.63) is 29.3 Å². The lowest BCUT2D eigenvalue weighted by Gasteiger charge is -2.10. The van der Waals surface area contributed by atoms with Crippen molar-refractivity contribution < 1.29 is 14.6 Å². The molecule has 1 rings (SSSR count). The smallest absolute Gasteiger partial charge is 0.306 e. The molecule has 0 radical (unpaired) electrons. The molecule has 106 valence electrons. The minimum Gasteiger partial charge on any atom is -0.508 e. The number of ether oxygens (including phenoxy) is 1. The van der Waals surface area contributed by atoms with E-state index < -0.39 is 0 Å². The number of hydrogen-bond acceptors (Lipinski definition) is 3. The summed E-state index contributed by atoms with van der Waals surface area (Å²) in [6, 6.07) is 5.53. The van der Waals surface area contributed by atoms with Crippen LogP contribution in [0.15, 0.2) is 18.2 Å². The fraction of sp³-hybridized carbons (Fsp3) is 0.562. The van der Waals surface area contributed by atoms with Crippen molar-refractivity contribution in [2.24, 2.45) is 0 Å². The van der Waals surface area contributed by atoms with Gasteiger partial charge in [0.25, 0.3) is 0 Å². The number of rotatable bonds is 7. The number of phenolic OH excluding ortho intramolecular Hbond substituents is 1. The molecule has 0 aromatic heterocycles. The van der Waals surface area contributed by atoms with Crippen LogP contribution in [-0.4, -0.2) is 17.7 Å². The summed E-state index contributed by atoms with van der Waals surface area (Å²) >= 11 is 0. The Bertz CT molecular complexity index is 410. The van der Waals surface area contributed by atoms with E-state index in [2.05, 4.69) is 6.92 Å². The monoisotopic (exact) mass is 264 g/mol. The third-order valence-electron chi connectivity index (χ3n) is 3.09. The van der Waals surface area contributed by atoms with Crippen LogP contribution in [0, 0.1) is 0 Å². The second-order valence-electron chi connectivity index (χ2n) is 5.12. The Hall–Kier alpha value is -1.51. The van der Waals surface area contributed by atoms with Crippen molar-refractivity contribution in [3.63, 3.8) is 0 Å². The molecule has 0 aliphatic carbocycles. The zero-order valence-electron chi connectivity index (χ0n) is 12.1. The largest absolute Gasteiger partial charge is 0.508 e. The Morgan fingerprint density at radius 3 is 2.74 bits per heavy atom. The van der Waals surface area contributed by atoms with Crippen molar-refractivity contribution in [2.45, 2.75) is 52.4 Å². The maximum Gasteiger partial charge on any atom is 0.306 e. The molecule has 1 aromatic carbocycles. The highest BCUT2D eigenvalue weighted by Crippen LogP contribution is 2.26. The van der Waals surface area contributed by atoms with Crippen LogP contribution in [0.1, 0.15) is 57.1 Å². The van der Waals surface area contributed by atoms with Gasteiger partial charge in [-0.2, -0.15) is 0 Å². The number of aryl methyl sites for hydroxylation is 1. The summed E-state index contributed by atoms with van der Waals surface area (Å²) < 4.78 is 5.12. The van der Waals surface area contributed by atoms with Crippen LogP contribution in [0.25, 0.3) is 0 Å². The maximum absolute atomic E-state index is 11.5. The second kappa shape index (κ2) is 7.82. The van der Waals surface area contributed by atoms with Crippen molar-refractivity contribution in [2.75, 3.05) is 6.61 Å². The molecule has 0 atom stereocenters. The molecule has 19 heavy (non-hydrogen) atoms. The third-order valence-corrected chi connectivity index (χ3v) is 3.09. The molecule has 0 amide bonds. The van der Waals surface area contributed by atoms with Crippen LogP contribution in [-0.2, 0) is 16.0 Å². The molecule has 0 unspecified atom stereocenters. The van der Waals surface area contributed by atoms with E-state index >= 15 is 0 Å². The van der Waals surface area contributed by atoms with Crippen molar-refractivity contribution in [1.82, 2.24) is 0 Å². The summed E-state index contributed by atoms with van der Waals surface area (Å²) in [4.78, 5) is 11.5. The van der Waals surface area contributed by atoms with E-state index in [0.29, 0.717) is 25.2 Å². The van der Waals surface area contributed by atoms with Crippen LogP contribution in [0.2, 0.25) is 0 Å². The molecule has 0 saturated carbocycles. The predicted octanol–water partition coefficient (Wildman–Crippen LogP) is 3.79. The van der Waals surface area contributed by atoms with E-state index in [4.69, 9.17) is 4.74 Å².